The molecule has 142 valence electrons. The number of thiocarbonyl (C=S) groups is 1. The molecule has 0 unspecified atom stereocenters. The van der Waals surface area contributed by atoms with E-state index in [0.717, 1.165) is 18.1 Å². The van der Waals surface area contributed by atoms with Gasteiger partial charge in [0.2, 0.25) is 0 Å². The van der Waals surface area contributed by atoms with E-state index in [9.17, 15) is 13.2 Å². The van der Waals surface area contributed by atoms with Crippen LogP contribution in [0.15, 0.2) is 53.5 Å². The molecule has 1 fully saturated rings. The van der Waals surface area contributed by atoms with E-state index in [1.54, 1.807) is 0 Å². The number of hydrogen-bond donors (Lipinski definition) is 0. The lowest BCUT2D eigenvalue weighted by molar-refractivity contribution is -0.138. The van der Waals surface area contributed by atoms with E-state index in [1.807, 2.05) is 35.2 Å². The maximum absolute atomic E-state index is 13.4. The zero-order valence-electron chi connectivity index (χ0n) is 14.6. The van der Waals surface area contributed by atoms with Crippen LogP contribution in [0.3, 0.4) is 0 Å². The second-order valence-corrected chi connectivity index (χ2v) is 6.67. The Balaban J connectivity index is 1.63. The predicted molar refractivity (Wildman–Crippen MR) is 101 cm³/mol. The highest BCUT2D eigenvalue weighted by Crippen LogP contribution is 2.35. The van der Waals surface area contributed by atoms with Gasteiger partial charge in [-0.05, 0) is 41.9 Å². The van der Waals surface area contributed by atoms with Crippen LogP contribution in [0.25, 0.3) is 0 Å². The third-order valence-corrected chi connectivity index (χ3v) is 4.62. The predicted octanol–water partition coefficient (Wildman–Crippen LogP) is 5.23. The summed E-state index contributed by atoms with van der Waals surface area (Å²) in [5.41, 5.74) is 0.800. The van der Waals surface area contributed by atoms with Crippen molar-refractivity contribution in [2.45, 2.75) is 31.9 Å². The van der Waals surface area contributed by atoms with E-state index < -0.39 is 11.7 Å². The van der Waals surface area contributed by atoms with Crippen LogP contribution in [0.2, 0.25) is 0 Å². The number of benzene rings is 2. The number of aliphatic imine (C=N–C) groups is 1. The number of likely N-dealkylation sites (tertiary alicyclic amines) is 1. The molecular weight excluding hydrogens is 373 g/mol. The molecule has 1 aliphatic heterocycles. The Morgan fingerprint density at radius 2 is 1.96 bits per heavy atom. The molecule has 0 N–H and O–H groups in total. The Bertz CT molecular complexity index is 820. The van der Waals surface area contributed by atoms with Crippen LogP contribution in [0.4, 0.5) is 18.9 Å². The zero-order chi connectivity index (χ0) is 19.3. The maximum Gasteiger partial charge on any atom is 0.416 e. The minimum atomic E-state index is -4.44. The summed E-state index contributed by atoms with van der Waals surface area (Å²) in [5.74, 6) is 0. The van der Waals surface area contributed by atoms with Crippen molar-refractivity contribution in [2.24, 2.45) is 4.99 Å². The first kappa shape index (κ1) is 19.7. The van der Waals surface area contributed by atoms with Crippen LogP contribution in [-0.4, -0.2) is 29.3 Å². The standard InChI is InChI=1S/C20H19F3N2OS/c21-20(22,23)19-10-17(24-14-27)7-6-16(19)11-25-9-8-18(12-25)26-13-15-4-2-1-3-5-15/h1-7,10,18H,8-9,11-13H2/t18-/m0/s1. The number of halogens is 3. The lowest BCUT2D eigenvalue weighted by Crippen LogP contribution is -2.24. The van der Waals surface area contributed by atoms with Gasteiger partial charge in [-0.2, -0.15) is 18.2 Å². The molecular formula is C20H19F3N2OS. The molecule has 0 aliphatic carbocycles. The lowest BCUT2D eigenvalue weighted by Gasteiger charge is -2.20. The smallest absolute Gasteiger partial charge is 0.372 e. The lowest BCUT2D eigenvalue weighted by atomic mass is 10.1. The molecule has 1 heterocycles. The number of hydrogen-bond acceptors (Lipinski definition) is 4. The van der Waals surface area contributed by atoms with Crippen molar-refractivity contribution in [3.63, 3.8) is 0 Å². The van der Waals surface area contributed by atoms with Crippen LogP contribution in [0.1, 0.15) is 23.1 Å². The number of rotatable bonds is 6. The van der Waals surface area contributed by atoms with Crippen molar-refractivity contribution < 1.29 is 17.9 Å². The molecule has 7 heteroatoms. The summed E-state index contributed by atoms with van der Waals surface area (Å²) in [7, 11) is 0. The summed E-state index contributed by atoms with van der Waals surface area (Å²) in [6.07, 6.45) is -3.61. The molecule has 1 atom stereocenters. The maximum atomic E-state index is 13.4. The Hall–Kier alpha value is -2.05. The summed E-state index contributed by atoms with van der Waals surface area (Å²) < 4.78 is 46.1. The quantitative estimate of drug-likeness (QED) is 0.497. The van der Waals surface area contributed by atoms with Crippen LogP contribution in [-0.2, 0) is 24.1 Å². The molecule has 1 saturated heterocycles. The molecule has 27 heavy (non-hydrogen) atoms. The molecule has 1 aliphatic rings. The summed E-state index contributed by atoms with van der Waals surface area (Å²) in [4.78, 5) is 5.64. The molecule has 0 saturated carbocycles. The van der Waals surface area contributed by atoms with Gasteiger partial charge >= 0.3 is 6.18 Å². The molecule has 0 aromatic heterocycles. The largest absolute Gasteiger partial charge is 0.416 e. The van der Waals surface area contributed by atoms with Gasteiger partial charge < -0.3 is 4.74 Å². The second kappa shape index (κ2) is 8.76. The SMILES string of the molecule is FC(F)(F)c1cc(N=C=S)ccc1CN1CC[C@H](OCc2ccccc2)C1. The normalized spacial score (nSPS) is 17.7. The Morgan fingerprint density at radius 1 is 1.19 bits per heavy atom. The first-order valence-corrected chi connectivity index (χ1v) is 9.02. The van der Waals surface area contributed by atoms with Gasteiger partial charge in [0.05, 0.1) is 29.1 Å². The van der Waals surface area contributed by atoms with Crippen molar-refractivity contribution in [3.05, 3.63) is 65.2 Å². The molecule has 0 spiro atoms. The van der Waals surface area contributed by atoms with Crippen molar-refractivity contribution in [3.8, 4) is 0 Å². The average Bonchev–Trinajstić information content (AvgIpc) is 3.09. The van der Waals surface area contributed by atoms with E-state index in [2.05, 4.69) is 22.4 Å². The molecule has 3 nitrogen and oxygen atoms in total. The molecule has 0 amide bonds. The van der Waals surface area contributed by atoms with Gasteiger partial charge in [-0.1, -0.05) is 36.4 Å². The van der Waals surface area contributed by atoms with Gasteiger partial charge in [-0.15, -0.1) is 0 Å². The van der Waals surface area contributed by atoms with Crippen molar-refractivity contribution in [2.75, 3.05) is 13.1 Å². The van der Waals surface area contributed by atoms with Gasteiger partial charge in [0.25, 0.3) is 0 Å². The fourth-order valence-electron chi connectivity index (χ4n) is 3.19. The third kappa shape index (κ3) is 5.47. The van der Waals surface area contributed by atoms with Gasteiger partial charge in [0, 0.05) is 19.6 Å². The fourth-order valence-corrected chi connectivity index (χ4v) is 3.30. The summed E-state index contributed by atoms with van der Waals surface area (Å²) >= 11 is 4.47. The third-order valence-electron chi connectivity index (χ3n) is 4.53. The van der Waals surface area contributed by atoms with E-state index in [1.165, 1.54) is 12.1 Å². The Kier molecular flexibility index (Phi) is 6.39. The first-order chi connectivity index (χ1) is 13.0. The molecule has 0 radical (unpaired) electrons. The molecule has 3 rings (SSSR count). The highest BCUT2D eigenvalue weighted by atomic mass is 32.1. The summed E-state index contributed by atoms with van der Waals surface area (Å²) in [6, 6.07) is 13.9. The summed E-state index contributed by atoms with van der Waals surface area (Å²) in [5, 5.41) is 2.10. The van der Waals surface area contributed by atoms with Gasteiger partial charge in [0.1, 0.15) is 0 Å². The fraction of sp³-hybridized carbons (Fsp3) is 0.350. The van der Waals surface area contributed by atoms with E-state index in [4.69, 9.17) is 4.74 Å². The number of nitrogens with zero attached hydrogens (tertiary/aromatic N) is 2. The molecule has 0 bridgehead atoms. The van der Waals surface area contributed by atoms with Gasteiger partial charge in [-0.3, -0.25) is 4.90 Å². The topological polar surface area (TPSA) is 24.8 Å². The summed E-state index contributed by atoms with van der Waals surface area (Å²) in [6.45, 7) is 2.06. The number of ether oxygens (including phenoxy) is 1. The van der Waals surface area contributed by atoms with E-state index in [-0.39, 0.29) is 23.9 Å². The second-order valence-electron chi connectivity index (χ2n) is 6.48. The van der Waals surface area contributed by atoms with Gasteiger partial charge in [0.15, 0.2) is 0 Å². The zero-order valence-corrected chi connectivity index (χ0v) is 15.4. The highest BCUT2D eigenvalue weighted by molar-refractivity contribution is 7.78. The molecule has 2 aromatic rings. The minimum absolute atomic E-state index is 0.0261. The number of isothiocyanates is 1. The van der Waals surface area contributed by atoms with E-state index >= 15 is 0 Å². The van der Waals surface area contributed by atoms with Crippen molar-refractivity contribution in [1.82, 2.24) is 4.90 Å². The Labute approximate surface area is 161 Å². The van der Waals surface area contributed by atoms with Crippen LogP contribution >= 0.6 is 12.2 Å². The van der Waals surface area contributed by atoms with Crippen molar-refractivity contribution >= 4 is 23.1 Å². The Morgan fingerprint density at radius 3 is 2.67 bits per heavy atom. The highest BCUT2D eigenvalue weighted by Gasteiger charge is 2.34. The van der Waals surface area contributed by atoms with Crippen LogP contribution < -0.4 is 0 Å². The van der Waals surface area contributed by atoms with Crippen LogP contribution in [0.5, 0.6) is 0 Å². The average molecular weight is 392 g/mol. The monoisotopic (exact) mass is 392 g/mol. The molecule has 2 aromatic carbocycles. The number of alkyl halides is 3. The van der Waals surface area contributed by atoms with Crippen LogP contribution in [0, 0.1) is 0 Å². The first-order valence-electron chi connectivity index (χ1n) is 8.61. The van der Waals surface area contributed by atoms with Crippen molar-refractivity contribution in [1.29, 1.82) is 0 Å². The van der Waals surface area contributed by atoms with Gasteiger partial charge in [-0.25, -0.2) is 0 Å². The minimum Gasteiger partial charge on any atom is -0.372 e. The van der Waals surface area contributed by atoms with E-state index in [0.29, 0.717) is 19.7 Å².